The summed E-state index contributed by atoms with van der Waals surface area (Å²) in [4.78, 5) is 0. The van der Waals surface area contributed by atoms with Crippen molar-refractivity contribution in [1.29, 1.82) is 0 Å². The van der Waals surface area contributed by atoms with Crippen molar-refractivity contribution in [1.82, 2.24) is 5.32 Å². The highest BCUT2D eigenvalue weighted by atomic mass is 35.5. The molecule has 1 saturated heterocycles. The molecule has 2 unspecified atom stereocenters. The molecule has 1 N–H and O–H groups in total. The van der Waals surface area contributed by atoms with E-state index in [1.165, 1.54) is 0 Å². The van der Waals surface area contributed by atoms with Gasteiger partial charge in [0.25, 0.3) is 0 Å². The van der Waals surface area contributed by atoms with Crippen molar-refractivity contribution in [3.63, 3.8) is 0 Å². The lowest BCUT2D eigenvalue weighted by atomic mass is 10.1. The van der Waals surface area contributed by atoms with Crippen LogP contribution in [0.25, 0.3) is 0 Å². The maximum absolute atomic E-state index is 6.11. The third-order valence-corrected chi connectivity index (χ3v) is 2.76. The summed E-state index contributed by atoms with van der Waals surface area (Å²) in [5, 5.41) is 4.27. The molecule has 1 aliphatic heterocycles. The molecule has 1 fully saturated rings. The van der Waals surface area contributed by atoms with Gasteiger partial charge in [-0.15, -0.1) is 0 Å². The predicted octanol–water partition coefficient (Wildman–Crippen LogP) is 2.39. The quantitative estimate of drug-likeness (QED) is 0.770. The summed E-state index contributed by atoms with van der Waals surface area (Å²) >= 11 is 6.11. The van der Waals surface area contributed by atoms with Gasteiger partial charge >= 0.3 is 0 Å². The SMILES string of the molecule is CC1COCC(c2ccccc2Cl)N1. The first kappa shape index (κ1) is 9.97. The van der Waals surface area contributed by atoms with E-state index in [1.807, 2.05) is 24.3 Å². The Morgan fingerprint density at radius 2 is 2.14 bits per heavy atom. The molecule has 1 aliphatic rings. The van der Waals surface area contributed by atoms with Crippen molar-refractivity contribution in [2.45, 2.75) is 19.0 Å². The van der Waals surface area contributed by atoms with E-state index in [2.05, 4.69) is 12.2 Å². The Hall–Kier alpha value is -0.570. The second-order valence-electron chi connectivity index (χ2n) is 3.68. The Balaban J connectivity index is 2.18. The second kappa shape index (κ2) is 4.30. The van der Waals surface area contributed by atoms with Gasteiger partial charge < -0.3 is 10.1 Å². The normalized spacial score (nSPS) is 27.6. The van der Waals surface area contributed by atoms with Crippen LogP contribution in [0.5, 0.6) is 0 Å². The van der Waals surface area contributed by atoms with Crippen molar-refractivity contribution >= 4 is 11.6 Å². The minimum Gasteiger partial charge on any atom is -0.378 e. The van der Waals surface area contributed by atoms with Crippen LogP contribution in [0.3, 0.4) is 0 Å². The minimum atomic E-state index is 0.229. The first-order valence-electron chi connectivity index (χ1n) is 4.85. The molecular weight excluding hydrogens is 198 g/mol. The monoisotopic (exact) mass is 211 g/mol. The van der Waals surface area contributed by atoms with Crippen molar-refractivity contribution in [3.05, 3.63) is 34.9 Å². The van der Waals surface area contributed by atoms with Gasteiger partial charge in [-0.3, -0.25) is 0 Å². The molecule has 1 heterocycles. The van der Waals surface area contributed by atoms with Crippen LogP contribution in [-0.4, -0.2) is 19.3 Å². The minimum absolute atomic E-state index is 0.229. The Morgan fingerprint density at radius 3 is 2.86 bits per heavy atom. The number of ether oxygens (including phenoxy) is 1. The van der Waals surface area contributed by atoms with Gasteiger partial charge in [-0.1, -0.05) is 29.8 Å². The van der Waals surface area contributed by atoms with Gasteiger partial charge in [-0.05, 0) is 18.6 Å². The van der Waals surface area contributed by atoms with E-state index in [9.17, 15) is 0 Å². The van der Waals surface area contributed by atoms with Gasteiger partial charge in [0.15, 0.2) is 0 Å². The van der Waals surface area contributed by atoms with Crippen LogP contribution in [0, 0.1) is 0 Å². The smallest absolute Gasteiger partial charge is 0.0662 e. The molecule has 14 heavy (non-hydrogen) atoms. The molecule has 0 radical (unpaired) electrons. The molecule has 0 spiro atoms. The van der Waals surface area contributed by atoms with E-state index in [1.54, 1.807) is 0 Å². The molecule has 2 rings (SSSR count). The molecule has 3 heteroatoms. The molecule has 2 atom stereocenters. The van der Waals surface area contributed by atoms with Gasteiger partial charge in [0.1, 0.15) is 0 Å². The maximum Gasteiger partial charge on any atom is 0.0662 e. The van der Waals surface area contributed by atoms with E-state index in [0.29, 0.717) is 12.6 Å². The van der Waals surface area contributed by atoms with Crippen LogP contribution in [0.2, 0.25) is 5.02 Å². The van der Waals surface area contributed by atoms with Crippen molar-refractivity contribution in [2.24, 2.45) is 0 Å². The summed E-state index contributed by atoms with van der Waals surface area (Å²) in [6.07, 6.45) is 0. The van der Waals surface area contributed by atoms with Crippen LogP contribution < -0.4 is 5.32 Å². The summed E-state index contributed by atoms with van der Waals surface area (Å²) in [6.45, 7) is 3.60. The van der Waals surface area contributed by atoms with Crippen molar-refractivity contribution < 1.29 is 4.74 Å². The van der Waals surface area contributed by atoms with E-state index in [0.717, 1.165) is 17.2 Å². The predicted molar refractivity (Wildman–Crippen MR) is 57.6 cm³/mol. The Kier molecular flexibility index (Phi) is 3.06. The molecule has 0 amide bonds. The van der Waals surface area contributed by atoms with Crippen LogP contribution in [0.1, 0.15) is 18.5 Å². The highest BCUT2D eigenvalue weighted by Crippen LogP contribution is 2.24. The number of halogens is 1. The third kappa shape index (κ3) is 2.08. The van der Waals surface area contributed by atoms with E-state index >= 15 is 0 Å². The average molecular weight is 212 g/mol. The van der Waals surface area contributed by atoms with Crippen LogP contribution in [0.4, 0.5) is 0 Å². The summed E-state index contributed by atoms with van der Waals surface area (Å²) in [6, 6.07) is 8.53. The Bertz CT molecular complexity index is 316. The summed E-state index contributed by atoms with van der Waals surface area (Å²) in [7, 11) is 0. The van der Waals surface area contributed by atoms with Gasteiger partial charge in [-0.25, -0.2) is 0 Å². The fraction of sp³-hybridized carbons (Fsp3) is 0.455. The summed E-state index contributed by atoms with van der Waals surface area (Å²) < 4.78 is 5.48. The Morgan fingerprint density at radius 1 is 1.36 bits per heavy atom. The zero-order chi connectivity index (χ0) is 9.97. The molecular formula is C11H14ClNO. The van der Waals surface area contributed by atoms with Crippen LogP contribution in [0.15, 0.2) is 24.3 Å². The molecule has 0 aliphatic carbocycles. The molecule has 2 nitrogen and oxygen atoms in total. The maximum atomic E-state index is 6.11. The lowest BCUT2D eigenvalue weighted by Crippen LogP contribution is -2.41. The molecule has 0 aromatic heterocycles. The van der Waals surface area contributed by atoms with Gasteiger partial charge in [0, 0.05) is 11.1 Å². The molecule has 1 aromatic carbocycles. The molecule has 0 saturated carbocycles. The fourth-order valence-electron chi connectivity index (χ4n) is 1.74. The van der Waals surface area contributed by atoms with Crippen LogP contribution >= 0.6 is 11.6 Å². The van der Waals surface area contributed by atoms with E-state index in [-0.39, 0.29) is 6.04 Å². The number of hydrogen-bond acceptors (Lipinski definition) is 2. The van der Waals surface area contributed by atoms with Gasteiger partial charge in [-0.2, -0.15) is 0 Å². The number of nitrogens with one attached hydrogen (secondary N) is 1. The van der Waals surface area contributed by atoms with Gasteiger partial charge in [0.05, 0.1) is 19.3 Å². The van der Waals surface area contributed by atoms with Crippen molar-refractivity contribution in [2.75, 3.05) is 13.2 Å². The number of morpholine rings is 1. The van der Waals surface area contributed by atoms with E-state index < -0.39 is 0 Å². The number of hydrogen-bond donors (Lipinski definition) is 1. The standard InChI is InChI=1S/C11H14ClNO/c1-8-6-14-7-11(13-8)9-4-2-3-5-10(9)12/h2-5,8,11,13H,6-7H2,1H3. The lowest BCUT2D eigenvalue weighted by molar-refractivity contribution is 0.0504. The summed E-state index contributed by atoms with van der Waals surface area (Å²) in [5.41, 5.74) is 1.13. The van der Waals surface area contributed by atoms with Crippen molar-refractivity contribution in [3.8, 4) is 0 Å². The molecule has 0 bridgehead atoms. The zero-order valence-electron chi connectivity index (χ0n) is 8.16. The fourth-order valence-corrected chi connectivity index (χ4v) is 2.01. The molecule has 1 aromatic rings. The Labute approximate surface area is 89.2 Å². The largest absolute Gasteiger partial charge is 0.378 e. The first-order valence-corrected chi connectivity index (χ1v) is 5.23. The number of benzene rings is 1. The molecule has 76 valence electrons. The third-order valence-electron chi connectivity index (χ3n) is 2.42. The first-order chi connectivity index (χ1) is 6.77. The topological polar surface area (TPSA) is 21.3 Å². The highest BCUT2D eigenvalue weighted by Gasteiger charge is 2.21. The number of rotatable bonds is 1. The second-order valence-corrected chi connectivity index (χ2v) is 4.09. The van der Waals surface area contributed by atoms with Crippen LogP contribution in [-0.2, 0) is 4.74 Å². The van der Waals surface area contributed by atoms with E-state index in [4.69, 9.17) is 16.3 Å². The lowest BCUT2D eigenvalue weighted by Gasteiger charge is -2.29. The summed E-state index contributed by atoms with van der Waals surface area (Å²) in [5.74, 6) is 0. The highest BCUT2D eigenvalue weighted by molar-refractivity contribution is 6.31. The van der Waals surface area contributed by atoms with Gasteiger partial charge in [0.2, 0.25) is 0 Å². The average Bonchev–Trinajstić information content (AvgIpc) is 2.18. The zero-order valence-corrected chi connectivity index (χ0v) is 8.92.